The van der Waals surface area contributed by atoms with Gasteiger partial charge in [0.2, 0.25) is 5.91 Å². The summed E-state index contributed by atoms with van der Waals surface area (Å²) in [6, 6.07) is 11.7. The molecule has 3 aromatic rings. The molecule has 0 aliphatic heterocycles. The van der Waals surface area contributed by atoms with E-state index in [1.54, 1.807) is 13.4 Å². The van der Waals surface area contributed by atoms with Crippen LogP contribution < -0.4 is 10.1 Å². The highest BCUT2D eigenvalue weighted by molar-refractivity contribution is 5.89. The Morgan fingerprint density at radius 3 is 2.58 bits per heavy atom. The van der Waals surface area contributed by atoms with Crippen LogP contribution in [0.3, 0.4) is 0 Å². The molecule has 2 aromatic carbocycles. The first kappa shape index (κ1) is 16.1. The van der Waals surface area contributed by atoms with Crippen molar-refractivity contribution in [3.63, 3.8) is 0 Å². The molecular weight excluding hydrogens is 302 g/mol. The fraction of sp³-hybridized carbons (Fsp3) is 0.250. The zero-order valence-electron chi connectivity index (χ0n) is 14.2. The number of hydrogen-bond acceptors (Lipinski definition) is 3. The smallest absolute Gasteiger partial charge is 0.224 e. The molecular formula is C20H21NO3. The van der Waals surface area contributed by atoms with Crippen LogP contribution in [0.1, 0.15) is 22.3 Å². The van der Waals surface area contributed by atoms with Crippen molar-refractivity contribution in [3.05, 3.63) is 64.9 Å². The summed E-state index contributed by atoms with van der Waals surface area (Å²) >= 11 is 0. The number of carbonyl (C=O) groups excluding carboxylic acids is 1. The van der Waals surface area contributed by atoms with Gasteiger partial charge in [0.25, 0.3) is 0 Å². The second-order valence-electron chi connectivity index (χ2n) is 5.95. The van der Waals surface area contributed by atoms with Gasteiger partial charge in [0, 0.05) is 17.5 Å². The number of carbonyl (C=O) groups is 1. The summed E-state index contributed by atoms with van der Waals surface area (Å²) in [5.41, 5.74) is 5.13. The van der Waals surface area contributed by atoms with Gasteiger partial charge in [-0.3, -0.25) is 4.79 Å². The van der Waals surface area contributed by atoms with Crippen molar-refractivity contribution in [2.45, 2.75) is 26.8 Å². The Labute approximate surface area is 141 Å². The average Bonchev–Trinajstić information content (AvgIpc) is 3.00. The van der Waals surface area contributed by atoms with Crippen molar-refractivity contribution in [1.82, 2.24) is 5.32 Å². The summed E-state index contributed by atoms with van der Waals surface area (Å²) in [4.78, 5) is 12.2. The van der Waals surface area contributed by atoms with Crippen LogP contribution in [0.2, 0.25) is 0 Å². The number of methoxy groups -OCH3 is 1. The van der Waals surface area contributed by atoms with E-state index >= 15 is 0 Å². The molecule has 124 valence electrons. The summed E-state index contributed by atoms with van der Waals surface area (Å²) in [6.45, 7) is 4.59. The molecule has 0 bridgehead atoms. The lowest BCUT2D eigenvalue weighted by atomic mass is 10.0. The Bertz CT molecular complexity index is 862. The summed E-state index contributed by atoms with van der Waals surface area (Å²) in [7, 11) is 1.63. The minimum atomic E-state index is -0.0215. The molecule has 1 amide bonds. The van der Waals surface area contributed by atoms with E-state index in [1.165, 1.54) is 5.56 Å². The van der Waals surface area contributed by atoms with Crippen molar-refractivity contribution < 1.29 is 13.9 Å². The maximum Gasteiger partial charge on any atom is 0.224 e. The third-order valence-electron chi connectivity index (χ3n) is 4.34. The Morgan fingerprint density at radius 2 is 1.88 bits per heavy atom. The van der Waals surface area contributed by atoms with Gasteiger partial charge < -0.3 is 14.5 Å². The fourth-order valence-electron chi connectivity index (χ4n) is 2.70. The van der Waals surface area contributed by atoms with Crippen molar-refractivity contribution in [2.24, 2.45) is 0 Å². The second kappa shape index (κ2) is 6.79. The zero-order valence-corrected chi connectivity index (χ0v) is 14.2. The molecule has 0 aliphatic carbocycles. The van der Waals surface area contributed by atoms with Crippen molar-refractivity contribution >= 4 is 16.9 Å². The van der Waals surface area contributed by atoms with Crippen LogP contribution in [0.5, 0.6) is 5.75 Å². The highest BCUT2D eigenvalue weighted by Gasteiger charge is 2.12. The summed E-state index contributed by atoms with van der Waals surface area (Å²) in [5, 5.41) is 3.96. The van der Waals surface area contributed by atoms with Crippen molar-refractivity contribution in [2.75, 3.05) is 7.11 Å². The predicted molar refractivity (Wildman–Crippen MR) is 94.2 cm³/mol. The molecule has 0 unspecified atom stereocenters. The lowest BCUT2D eigenvalue weighted by Gasteiger charge is -2.06. The highest BCUT2D eigenvalue weighted by Crippen LogP contribution is 2.26. The largest absolute Gasteiger partial charge is 0.497 e. The normalized spacial score (nSPS) is 10.8. The Morgan fingerprint density at radius 1 is 1.12 bits per heavy atom. The SMILES string of the molecule is COc1ccc(CNC(=O)Cc2coc3c(C)c(C)ccc23)cc1. The zero-order chi connectivity index (χ0) is 17.1. The number of hydrogen-bond donors (Lipinski definition) is 1. The molecule has 3 rings (SSSR count). The van der Waals surface area contributed by atoms with Gasteiger partial charge in [-0.05, 0) is 42.7 Å². The monoisotopic (exact) mass is 323 g/mol. The number of rotatable bonds is 5. The van der Waals surface area contributed by atoms with E-state index in [2.05, 4.69) is 18.3 Å². The summed E-state index contributed by atoms with van der Waals surface area (Å²) in [6.07, 6.45) is 2.00. The number of aryl methyl sites for hydroxylation is 2. The molecule has 4 heteroatoms. The minimum absolute atomic E-state index is 0.0215. The number of furan rings is 1. The second-order valence-corrected chi connectivity index (χ2v) is 5.95. The quantitative estimate of drug-likeness (QED) is 0.774. The fourth-order valence-corrected chi connectivity index (χ4v) is 2.70. The number of benzene rings is 2. The molecule has 0 saturated carbocycles. The number of nitrogens with one attached hydrogen (secondary N) is 1. The van der Waals surface area contributed by atoms with Crippen LogP contribution in [0.15, 0.2) is 47.1 Å². The molecule has 1 heterocycles. The van der Waals surface area contributed by atoms with Crippen LogP contribution >= 0.6 is 0 Å². The molecule has 1 aromatic heterocycles. The van der Waals surface area contributed by atoms with E-state index in [-0.39, 0.29) is 5.91 Å². The molecule has 0 aliphatic rings. The molecule has 0 saturated heterocycles. The van der Waals surface area contributed by atoms with E-state index in [9.17, 15) is 4.79 Å². The molecule has 0 radical (unpaired) electrons. The summed E-state index contributed by atoms with van der Waals surface area (Å²) < 4.78 is 10.8. The lowest BCUT2D eigenvalue weighted by molar-refractivity contribution is -0.120. The van der Waals surface area contributed by atoms with Crippen LogP contribution in [0, 0.1) is 13.8 Å². The van der Waals surface area contributed by atoms with E-state index in [0.717, 1.165) is 33.4 Å². The Hall–Kier alpha value is -2.75. The van der Waals surface area contributed by atoms with Gasteiger partial charge in [-0.1, -0.05) is 24.3 Å². The van der Waals surface area contributed by atoms with Crippen LogP contribution in [0.25, 0.3) is 11.0 Å². The Balaban J connectivity index is 1.65. The van der Waals surface area contributed by atoms with Crippen LogP contribution in [-0.4, -0.2) is 13.0 Å². The number of fused-ring (bicyclic) bond motifs is 1. The molecule has 1 N–H and O–H groups in total. The lowest BCUT2D eigenvalue weighted by Crippen LogP contribution is -2.24. The van der Waals surface area contributed by atoms with Gasteiger partial charge in [-0.2, -0.15) is 0 Å². The minimum Gasteiger partial charge on any atom is -0.497 e. The molecule has 0 atom stereocenters. The van der Waals surface area contributed by atoms with E-state index in [0.29, 0.717) is 13.0 Å². The van der Waals surface area contributed by atoms with Crippen LogP contribution in [-0.2, 0) is 17.8 Å². The first-order chi connectivity index (χ1) is 11.6. The molecule has 0 fully saturated rings. The highest BCUT2D eigenvalue weighted by atomic mass is 16.5. The first-order valence-electron chi connectivity index (χ1n) is 7.94. The predicted octanol–water partition coefficient (Wildman–Crippen LogP) is 3.92. The Kier molecular flexibility index (Phi) is 4.56. The third kappa shape index (κ3) is 3.27. The van der Waals surface area contributed by atoms with Gasteiger partial charge in [0.05, 0.1) is 19.8 Å². The van der Waals surface area contributed by atoms with Gasteiger partial charge in [0.1, 0.15) is 11.3 Å². The first-order valence-corrected chi connectivity index (χ1v) is 7.94. The topological polar surface area (TPSA) is 51.5 Å². The van der Waals surface area contributed by atoms with Gasteiger partial charge in [0.15, 0.2) is 0 Å². The third-order valence-corrected chi connectivity index (χ3v) is 4.34. The van der Waals surface area contributed by atoms with E-state index in [4.69, 9.17) is 9.15 Å². The average molecular weight is 323 g/mol. The van der Waals surface area contributed by atoms with Crippen LogP contribution in [0.4, 0.5) is 0 Å². The molecule has 24 heavy (non-hydrogen) atoms. The van der Waals surface area contributed by atoms with Crippen molar-refractivity contribution in [1.29, 1.82) is 0 Å². The molecule has 4 nitrogen and oxygen atoms in total. The molecule has 0 spiro atoms. The van der Waals surface area contributed by atoms with E-state index < -0.39 is 0 Å². The number of ether oxygens (including phenoxy) is 1. The van der Waals surface area contributed by atoms with Gasteiger partial charge in [-0.25, -0.2) is 0 Å². The van der Waals surface area contributed by atoms with Gasteiger partial charge >= 0.3 is 0 Å². The number of amides is 1. The maximum absolute atomic E-state index is 12.2. The van der Waals surface area contributed by atoms with Gasteiger partial charge in [-0.15, -0.1) is 0 Å². The van der Waals surface area contributed by atoms with Crippen molar-refractivity contribution in [3.8, 4) is 5.75 Å². The maximum atomic E-state index is 12.2. The standard InChI is InChI=1S/C20H21NO3/c1-13-4-9-18-16(12-24-20(18)14(13)2)10-19(22)21-11-15-5-7-17(23-3)8-6-15/h4-9,12H,10-11H2,1-3H3,(H,21,22). The summed E-state index contributed by atoms with van der Waals surface area (Å²) in [5.74, 6) is 0.785. The van der Waals surface area contributed by atoms with E-state index in [1.807, 2.05) is 37.3 Å².